The van der Waals surface area contributed by atoms with Crippen molar-refractivity contribution in [2.75, 3.05) is 76.4 Å². The first-order valence-corrected chi connectivity index (χ1v) is 28.4. The number of rotatable bonds is 11. The van der Waals surface area contributed by atoms with E-state index in [-0.39, 0.29) is 35.8 Å². The van der Waals surface area contributed by atoms with E-state index in [4.69, 9.17) is 30.1 Å². The van der Waals surface area contributed by atoms with Gasteiger partial charge in [0.05, 0.1) is 51.7 Å². The van der Waals surface area contributed by atoms with E-state index in [1.54, 1.807) is 37.3 Å². The predicted molar refractivity (Wildman–Crippen MR) is 270 cm³/mol. The standard InChI is InChI=1S/C25H32N6O3S.C18H26N6O.C7H7ClO2S/c1-18-7-3-4-10-23(18)35(32,33)31-15-21-22(16-31)27-25(34-17-20-9-6-11-29(20)2)28-24(21)30-12-5-8-19(13-26)14-30;1-23-6-3-5-14(23)12-25-18-21-16-10-20-9-15(16)17(22-18)24-7-2-4-13(8-19)11-24;1-6-4-2-3-5-7(6)11(8,9)10/h3-4,7,10,19-20H,5-6,8-9,11-12,14-17H2,1-2H3;13-14,20H,2-7,9-12H2,1H3;2-5H,1H3/t19-,20-;13-,14-;/m00./s1. The molecule has 4 atom stereocenters. The van der Waals surface area contributed by atoms with Crippen molar-refractivity contribution >= 4 is 41.4 Å². The van der Waals surface area contributed by atoms with Gasteiger partial charge in [-0.3, -0.25) is 0 Å². The summed E-state index contributed by atoms with van der Waals surface area (Å²) in [5.41, 5.74) is 5.09. The van der Waals surface area contributed by atoms with Gasteiger partial charge in [0.1, 0.15) is 24.8 Å². The number of ether oxygens (including phenoxy) is 2. The molecule has 0 saturated carbocycles. The average molecular weight is 1030 g/mol. The average Bonchev–Trinajstić information content (AvgIpc) is 4.21. The topological polar surface area (TPSA) is 214 Å². The van der Waals surface area contributed by atoms with E-state index in [0.29, 0.717) is 65.4 Å². The largest absolute Gasteiger partial charge is 0.462 e. The second-order valence-electron chi connectivity index (χ2n) is 19.4. The van der Waals surface area contributed by atoms with Crippen molar-refractivity contribution in [1.82, 2.24) is 39.4 Å². The Hall–Kier alpha value is -5.19. The zero-order chi connectivity index (χ0) is 50.3. The van der Waals surface area contributed by atoms with Gasteiger partial charge in [0, 0.05) is 79.7 Å². The first-order valence-electron chi connectivity index (χ1n) is 24.6. The second kappa shape index (κ2) is 23.1. The SMILES string of the molecule is CN1CCC[C@H]1COc1nc2c(c(N3CCC[C@@H](C#N)C3)n1)CNC2.Cc1ccccc1S(=O)(=O)Cl.Cc1ccccc1S(=O)(=O)N1Cc2nc(OC[C@@H]3CCCN3C)nc(N3CCC[C@@H](C#N)C3)c2C1. The highest BCUT2D eigenvalue weighted by atomic mass is 35.7. The van der Waals surface area contributed by atoms with Gasteiger partial charge in [0.25, 0.3) is 9.05 Å². The third-order valence-electron chi connectivity index (χ3n) is 14.4. The molecule has 18 nitrogen and oxygen atoms in total. The fourth-order valence-corrected chi connectivity index (χ4v) is 13.0. The summed E-state index contributed by atoms with van der Waals surface area (Å²) in [5, 5.41) is 22.2. The lowest BCUT2D eigenvalue weighted by Crippen LogP contribution is -2.36. The molecule has 0 spiro atoms. The minimum absolute atomic E-state index is 0.0703. The Labute approximate surface area is 423 Å². The van der Waals surface area contributed by atoms with E-state index in [9.17, 15) is 27.4 Å². The van der Waals surface area contributed by atoms with Gasteiger partial charge in [-0.25, -0.2) is 16.8 Å². The van der Waals surface area contributed by atoms with Crippen molar-refractivity contribution in [3.05, 3.63) is 82.2 Å². The molecular weight excluding hydrogens is 964 g/mol. The van der Waals surface area contributed by atoms with Crippen molar-refractivity contribution in [2.24, 2.45) is 11.8 Å². The van der Waals surface area contributed by atoms with Crippen LogP contribution in [0.2, 0.25) is 0 Å². The third kappa shape index (κ3) is 12.5. The lowest BCUT2D eigenvalue weighted by molar-refractivity contribution is 0.187. The summed E-state index contributed by atoms with van der Waals surface area (Å²) >= 11 is 0. The van der Waals surface area contributed by atoms with Crippen LogP contribution in [-0.2, 0) is 45.3 Å². The number of sulfonamides is 1. The van der Waals surface area contributed by atoms with Gasteiger partial charge >= 0.3 is 12.0 Å². The number of anilines is 2. The molecule has 71 heavy (non-hydrogen) atoms. The van der Waals surface area contributed by atoms with E-state index < -0.39 is 19.1 Å². The summed E-state index contributed by atoms with van der Waals surface area (Å²) in [7, 11) is 2.12. The van der Waals surface area contributed by atoms with E-state index in [1.807, 2.05) is 19.1 Å². The zero-order valence-electron chi connectivity index (χ0n) is 41.1. The number of aryl methyl sites for hydroxylation is 2. The molecule has 0 unspecified atom stereocenters. The molecule has 0 bridgehead atoms. The molecule has 6 aliphatic rings. The normalized spacial score (nSPS) is 22.6. The molecule has 4 saturated heterocycles. The molecule has 6 aliphatic heterocycles. The summed E-state index contributed by atoms with van der Waals surface area (Å²) in [6, 6.07) is 20.0. The molecule has 380 valence electrons. The Balaban J connectivity index is 0.000000163. The summed E-state index contributed by atoms with van der Waals surface area (Å²) in [5.74, 6) is 1.68. The molecule has 0 amide bonds. The molecule has 1 N–H and O–H groups in total. The van der Waals surface area contributed by atoms with Crippen LogP contribution in [-0.4, -0.2) is 130 Å². The Morgan fingerprint density at radius 1 is 0.648 bits per heavy atom. The van der Waals surface area contributed by atoms with Crippen LogP contribution in [0.3, 0.4) is 0 Å². The first-order chi connectivity index (χ1) is 34.1. The monoisotopic (exact) mass is 1030 g/mol. The molecule has 2 aromatic heterocycles. The molecule has 2 aromatic carbocycles. The molecular formula is C50H65ClN12O6S2. The van der Waals surface area contributed by atoms with Crippen molar-refractivity contribution in [2.45, 2.75) is 113 Å². The van der Waals surface area contributed by atoms with Crippen LogP contribution in [0.25, 0.3) is 0 Å². The minimum Gasteiger partial charge on any atom is -0.462 e. The lowest BCUT2D eigenvalue weighted by Gasteiger charge is -2.32. The predicted octanol–water partition coefficient (Wildman–Crippen LogP) is 5.92. The molecule has 10 rings (SSSR count). The number of nitrogens with one attached hydrogen (secondary N) is 1. The van der Waals surface area contributed by atoms with Gasteiger partial charge in [0.15, 0.2) is 0 Å². The maximum atomic E-state index is 13.5. The van der Waals surface area contributed by atoms with Crippen LogP contribution >= 0.6 is 10.7 Å². The Bertz CT molecular complexity index is 2850. The summed E-state index contributed by atoms with van der Waals surface area (Å²) in [6.07, 6.45) is 8.41. The van der Waals surface area contributed by atoms with Gasteiger partial charge < -0.3 is 34.4 Å². The maximum absolute atomic E-state index is 13.5. The number of likely N-dealkylation sites (N-methyl/N-ethyl adjacent to an activating group) is 2. The molecule has 4 fully saturated rings. The number of benzene rings is 2. The van der Waals surface area contributed by atoms with Crippen LogP contribution in [0.4, 0.5) is 11.6 Å². The number of aromatic nitrogens is 4. The molecule has 4 aromatic rings. The van der Waals surface area contributed by atoms with Gasteiger partial charge in [-0.1, -0.05) is 36.4 Å². The van der Waals surface area contributed by atoms with E-state index in [2.05, 4.69) is 61.1 Å². The van der Waals surface area contributed by atoms with Crippen LogP contribution in [0.1, 0.15) is 85.0 Å². The van der Waals surface area contributed by atoms with Crippen molar-refractivity contribution in [3.8, 4) is 24.2 Å². The van der Waals surface area contributed by atoms with Crippen LogP contribution in [0, 0.1) is 48.3 Å². The van der Waals surface area contributed by atoms with E-state index >= 15 is 0 Å². The lowest BCUT2D eigenvalue weighted by atomic mass is 9.99. The molecule has 21 heteroatoms. The fourth-order valence-electron chi connectivity index (χ4n) is 10.2. The number of piperidine rings is 2. The van der Waals surface area contributed by atoms with Crippen molar-refractivity contribution < 1.29 is 26.3 Å². The highest BCUT2D eigenvalue weighted by Gasteiger charge is 2.37. The maximum Gasteiger partial charge on any atom is 0.318 e. The highest BCUT2D eigenvalue weighted by Crippen LogP contribution is 2.37. The van der Waals surface area contributed by atoms with Gasteiger partial charge in [-0.05, 0) is 116 Å². The number of nitriles is 2. The van der Waals surface area contributed by atoms with Gasteiger partial charge in [0.2, 0.25) is 10.0 Å². The number of halogens is 1. The van der Waals surface area contributed by atoms with Crippen LogP contribution in [0.5, 0.6) is 12.0 Å². The van der Waals surface area contributed by atoms with Crippen molar-refractivity contribution in [1.29, 1.82) is 10.5 Å². The van der Waals surface area contributed by atoms with Crippen molar-refractivity contribution in [3.63, 3.8) is 0 Å². The fraction of sp³-hybridized carbons (Fsp3) is 0.560. The quantitative estimate of drug-likeness (QED) is 0.173. The number of nitrogens with zero attached hydrogens (tertiary/aromatic N) is 11. The number of likely N-dealkylation sites (tertiary alicyclic amines) is 2. The summed E-state index contributed by atoms with van der Waals surface area (Å²) in [4.78, 5) is 28.3. The summed E-state index contributed by atoms with van der Waals surface area (Å²) < 4.78 is 62.2. The number of hydrogen-bond donors (Lipinski definition) is 1. The summed E-state index contributed by atoms with van der Waals surface area (Å²) in [6.45, 7) is 11.9. The Kier molecular flexibility index (Phi) is 17.0. The minimum atomic E-state index is -3.70. The molecule has 0 radical (unpaired) electrons. The van der Waals surface area contributed by atoms with E-state index in [0.717, 1.165) is 101 Å². The number of fused-ring (bicyclic) bond motifs is 2. The Morgan fingerprint density at radius 3 is 1.62 bits per heavy atom. The highest BCUT2D eigenvalue weighted by molar-refractivity contribution is 8.13. The second-order valence-corrected chi connectivity index (χ2v) is 23.8. The smallest absolute Gasteiger partial charge is 0.318 e. The van der Waals surface area contributed by atoms with Gasteiger partial charge in [-0.15, -0.1) is 0 Å². The molecule has 0 aliphatic carbocycles. The Morgan fingerprint density at radius 2 is 1.14 bits per heavy atom. The molecule has 8 heterocycles. The first kappa shape index (κ1) is 52.1. The van der Waals surface area contributed by atoms with Crippen LogP contribution < -0.4 is 24.6 Å². The van der Waals surface area contributed by atoms with Crippen LogP contribution in [0.15, 0.2) is 58.3 Å². The number of hydrogen-bond acceptors (Lipinski definition) is 17. The van der Waals surface area contributed by atoms with E-state index in [1.165, 1.54) is 28.8 Å². The third-order valence-corrected chi connectivity index (χ3v) is 17.8. The van der Waals surface area contributed by atoms with Gasteiger partial charge in [-0.2, -0.15) is 34.8 Å². The zero-order valence-corrected chi connectivity index (χ0v) is 43.5.